The topological polar surface area (TPSA) is 71.0 Å². The molecule has 6 heteroatoms. The van der Waals surface area contributed by atoms with Gasteiger partial charge in [0.1, 0.15) is 6.54 Å². The number of carbonyl (C=O) groups excluding carboxylic acids is 1. The Morgan fingerprint density at radius 2 is 1.76 bits per heavy atom. The van der Waals surface area contributed by atoms with Crippen molar-refractivity contribution >= 4 is 27.7 Å². The van der Waals surface area contributed by atoms with Gasteiger partial charge < -0.3 is 9.88 Å². The zero-order valence-corrected chi connectivity index (χ0v) is 16.0. The SMILES string of the molecule is O=C(Cn1cnc2ccccc2c1=O)N1CCC(c2c[nH]c3ccccc23)CC1. The van der Waals surface area contributed by atoms with Crippen molar-refractivity contribution in [3.63, 3.8) is 0 Å². The first-order valence-corrected chi connectivity index (χ1v) is 9.98. The molecule has 5 rings (SSSR count). The summed E-state index contributed by atoms with van der Waals surface area (Å²) in [5, 5.41) is 1.81. The van der Waals surface area contributed by atoms with Crippen LogP contribution in [0.1, 0.15) is 24.3 Å². The molecular weight excluding hydrogens is 364 g/mol. The lowest BCUT2D eigenvalue weighted by Crippen LogP contribution is -2.41. The van der Waals surface area contributed by atoms with Crippen LogP contribution in [0.3, 0.4) is 0 Å². The summed E-state index contributed by atoms with van der Waals surface area (Å²) in [4.78, 5) is 34.9. The van der Waals surface area contributed by atoms with Crippen molar-refractivity contribution in [1.29, 1.82) is 0 Å². The number of rotatable bonds is 3. The number of likely N-dealkylation sites (tertiary alicyclic amines) is 1. The maximum Gasteiger partial charge on any atom is 0.261 e. The molecule has 3 heterocycles. The van der Waals surface area contributed by atoms with E-state index in [9.17, 15) is 9.59 Å². The monoisotopic (exact) mass is 386 g/mol. The van der Waals surface area contributed by atoms with Gasteiger partial charge in [-0.25, -0.2) is 4.98 Å². The number of benzene rings is 2. The Morgan fingerprint density at radius 1 is 1.03 bits per heavy atom. The Labute approximate surface area is 167 Å². The van der Waals surface area contributed by atoms with E-state index >= 15 is 0 Å². The number of nitrogens with zero attached hydrogens (tertiary/aromatic N) is 3. The van der Waals surface area contributed by atoms with E-state index in [4.69, 9.17) is 0 Å². The van der Waals surface area contributed by atoms with E-state index in [1.54, 1.807) is 12.1 Å². The Morgan fingerprint density at radius 3 is 2.59 bits per heavy atom. The van der Waals surface area contributed by atoms with Crippen molar-refractivity contribution in [2.45, 2.75) is 25.3 Å². The molecule has 29 heavy (non-hydrogen) atoms. The van der Waals surface area contributed by atoms with Crippen LogP contribution in [0.2, 0.25) is 0 Å². The number of piperidine rings is 1. The van der Waals surface area contributed by atoms with E-state index in [1.807, 2.05) is 23.1 Å². The fourth-order valence-corrected chi connectivity index (χ4v) is 4.34. The first-order chi connectivity index (χ1) is 14.2. The van der Waals surface area contributed by atoms with Gasteiger partial charge in [-0.1, -0.05) is 30.3 Å². The average molecular weight is 386 g/mol. The van der Waals surface area contributed by atoms with Crippen LogP contribution in [0.5, 0.6) is 0 Å². The molecule has 0 saturated carbocycles. The third-order valence-corrected chi connectivity index (χ3v) is 5.95. The molecular formula is C23H22N4O2. The number of H-pyrrole nitrogens is 1. The van der Waals surface area contributed by atoms with Gasteiger partial charge in [0.25, 0.3) is 5.56 Å². The molecule has 1 fully saturated rings. The molecule has 1 saturated heterocycles. The standard InChI is InChI=1S/C23H22N4O2/c28-22(14-27-15-25-21-8-4-2-6-18(21)23(27)29)26-11-9-16(10-12-26)19-13-24-20-7-3-1-5-17(19)20/h1-8,13,15-16,24H,9-12,14H2. The molecule has 0 atom stereocenters. The summed E-state index contributed by atoms with van der Waals surface area (Å²) in [5.41, 5.74) is 2.98. The third kappa shape index (κ3) is 3.20. The van der Waals surface area contributed by atoms with Gasteiger partial charge in [-0.2, -0.15) is 0 Å². The molecule has 1 aliphatic heterocycles. The summed E-state index contributed by atoms with van der Waals surface area (Å²) in [6, 6.07) is 15.6. The molecule has 1 aliphatic rings. The van der Waals surface area contributed by atoms with Gasteiger partial charge in [0, 0.05) is 30.2 Å². The molecule has 1 N–H and O–H groups in total. The van der Waals surface area contributed by atoms with Gasteiger partial charge in [0.05, 0.1) is 17.2 Å². The van der Waals surface area contributed by atoms with E-state index < -0.39 is 0 Å². The zero-order valence-electron chi connectivity index (χ0n) is 16.0. The number of fused-ring (bicyclic) bond motifs is 2. The van der Waals surface area contributed by atoms with Gasteiger partial charge >= 0.3 is 0 Å². The van der Waals surface area contributed by atoms with Crippen LogP contribution < -0.4 is 5.56 Å². The highest BCUT2D eigenvalue weighted by Crippen LogP contribution is 2.33. The van der Waals surface area contributed by atoms with Crippen LogP contribution in [0.4, 0.5) is 0 Å². The summed E-state index contributed by atoms with van der Waals surface area (Å²) >= 11 is 0. The lowest BCUT2D eigenvalue weighted by Gasteiger charge is -2.32. The first kappa shape index (κ1) is 17.7. The number of aromatic amines is 1. The van der Waals surface area contributed by atoms with Crippen molar-refractivity contribution < 1.29 is 4.79 Å². The van der Waals surface area contributed by atoms with Crippen LogP contribution >= 0.6 is 0 Å². The summed E-state index contributed by atoms with van der Waals surface area (Å²) in [7, 11) is 0. The van der Waals surface area contributed by atoms with Crippen LogP contribution in [-0.4, -0.2) is 38.4 Å². The third-order valence-electron chi connectivity index (χ3n) is 5.95. The number of amides is 1. The molecule has 0 radical (unpaired) electrons. The van der Waals surface area contributed by atoms with E-state index in [-0.39, 0.29) is 18.0 Å². The second-order valence-electron chi connectivity index (χ2n) is 7.64. The second kappa shape index (κ2) is 7.20. The summed E-state index contributed by atoms with van der Waals surface area (Å²) < 4.78 is 1.41. The van der Waals surface area contributed by atoms with Crippen LogP contribution in [-0.2, 0) is 11.3 Å². The van der Waals surface area contributed by atoms with Crippen LogP contribution in [0.25, 0.3) is 21.8 Å². The van der Waals surface area contributed by atoms with E-state index in [0.717, 1.165) is 18.4 Å². The Bertz CT molecular complexity index is 1250. The number of carbonyl (C=O) groups is 1. The van der Waals surface area contributed by atoms with E-state index in [2.05, 4.69) is 34.4 Å². The highest BCUT2D eigenvalue weighted by molar-refractivity contribution is 5.84. The predicted molar refractivity (Wildman–Crippen MR) is 113 cm³/mol. The fourth-order valence-electron chi connectivity index (χ4n) is 4.34. The van der Waals surface area contributed by atoms with Crippen molar-refractivity contribution in [3.05, 3.63) is 77.0 Å². The van der Waals surface area contributed by atoms with E-state index in [0.29, 0.717) is 29.9 Å². The Balaban J connectivity index is 1.28. The molecule has 6 nitrogen and oxygen atoms in total. The lowest BCUT2D eigenvalue weighted by molar-refractivity contribution is -0.132. The highest BCUT2D eigenvalue weighted by Gasteiger charge is 2.25. The van der Waals surface area contributed by atoms with Gasteiger partial charge in [-0.15, -0.1) is 0 Å². The minimum Gasteiger partial charge on any atom is -0.361 e. The number of nitrogens with one attached hydrogen (secondary N) is 1. The maximum atomic E-state index is 12.8. The Kier molecular flexibility index (Phi) is 4.39. The summed E-state index contributed by atoms with van der Waals surface area (Å²) in [6.07, 6.45) is 5.44. The largest absolute Gasteiger partial charge is 0.361 e. The predicted octanol–water partition coefficient (Wildman–Crippen LogP) is 3.28. The molecule has 146 valence electrons. The zero-order chi connectivity index (χ0) is 19.8. The van der Waals surface area contributed by atoms with Crippen LogP contribution in [0.15, 0.2) is 65.8 Å². The van der Waals surface area contributed by atoms with Gasteiger partial charge in [0.2, 0.25) is 5.91 Å². The van der Waals surface area contributed by atoms with Crippen LogP contribution in [0, 0.1) is 0 Å². The van der Waals surface area contributed by atoms with Crippen molar-refractivity contribution in [3.8, 4) is 0 Å². The smallest absolute Gasteiger partial charge is 0.261 e. The fraction of sp³-hybridized carbons (Fsp3) is 0.261. The van der Waals surface area contributed by atoms with Crippen molar-refractivity contribution in [2.24, 2.45) is 0 Å². The highest BCUT2D eigenvalue weighted by atomic mass is 16.2. The lowest BCUT2D eigenvalue weighted by atomic mass is 9.89. The first-order valence-electron chi connectivity index (χ1n) is 9.98. The number of hydrogen-bond donors (Lipinski definition) is 1. The average Bonchev–Trinajstić information content (AvgIpc) is 3.20. The molecule has 0 bridgehead atoms. The van der Waals surface area contributed by atoms with Crippen molar-refractivity contribution in [1.82, 2.24) is 19.4 Å². The molecule has 2 aromatic heterocycles. The molecule has 0 unspecified atom stereocenters. The molecule has 1 amide bonds. The minimum absolute atomic E-state index is 0.0263. The van der Waals surface area contributed by atoms with Gasteiger partial charge in [-0.3, -0.25) is 14.2 Å². The number of para-hydroxylation sites is 2. The number of hydrogen-bond acceptors (Lipinski definition) is 3. The van der Waals surface area contributed by atoms with Gasteiger partial charge in [0.15, 0.2) is 0 Å². The normalized spacial score (nSPS) is 15.2. The Hall–Kier alpha value is -3.41. The quantitative estimate of drug-likeness (QED) is 0.587. The molecule has 4 aromatic rings. The summed E-state index contributed by atoms with van der Waals surface area (Å²) in [6.45, 7) is 1.45. The van der Waals surface area contributed by atoms with E-state index in [1.165, 1.54) is 21.8 Å². The maximum absolute atomic E-state index is 12.8. The molecule has 0 spiro atoms. The minimum atomic E-state index is -0.169. The van der Waals surface area contributed by atoms with Gasteiger partial charge in [-0.05, 0) is 42.5 Å². The molecule has 0 aliphatic carbocycles. The summed E-state index contributed by atoms with van der Waals surface area (Å²) in [5.74, 6) is 0.418. The van der Waals surface area contributed by atoms with Crippen molar-refractivity contribution in [2.75, 3.05) is 13.1 Å². The number of aromatic nitrogens is 3. The second-order valence-corrected chi connectivity index (χ2v) is 7.64. The molecule has 2 aromatic carbocycles.